The van der Waals surface area contributed by atoms with Gasteiger partial charge in [0, 0.05) is 19.3 Å². The molecule has 3 atom stereocenters. The molecule has 2 heterocycles. The van der Waals surface area contributed by atoms with Gasteiger partial charge in [-0.15, -0.1) is 0 Å². The minimum Gasteiger partial charge on any atom is -0.317 e. The van der Waals surface area contributed by atoms with E-state index in [9.17, 15) is 19.2 Å². The highest BCUT2D eigenvalue weighted by Crippen LogP contribution is 2.58. The average Bonchev–Trinajstić information content (AvgIpc) is 3.02. The average molecular weight is 437 g/mol. The van der Waals surface area contributed by atoms with Gasteiger partial charge < -0.3 is 5.32 Å². The third-order valence-electron chi connectivity index (χ3n) is 8.67. The Morgan fingerprint density at radius 2 is 1.69 bits per heavy atom. The van der Waals surface area contributed by atoms with Crippen molar-refractivity contribution in [2.24, 2.45) is 11.3 Å². The van der Waals surface area contributed by atoms with Gasteiger partial charge in [0.15, 0.2) is 5.78 Å². The first kappa shape index (κ1) is 21.5. The van der Waals surface area contributed by atoms with E-state index in [0.29, 0.717) is 41.2 Å². The number of piperidine rings is 1. The molecular formula is C26H32N2O4. The van der Waals surface area contributed by atoms with E-state index in [4.69, 9.17) is 0 Å². The van der Waals surface area contributed by atoms with Crippen molar-refractivity contribution in [2.45, 2.75) is 76.7 Å². The molecule has 6 nitrogen and oxygen atoms in total. The number of rotatable bonds is 3. The second-order valence-corrected chi connectivity index (χ2v) is 10.2. The molecule has 2 aliphatic carbocycles. The lowest BCUT2D eigenvalue weighted by molar-refractivity contribution is -0.125. The number of fused-ring (bicyclic) bond motifs is 1. The zero-order valence-corrected chi connectivity index (χ0v) is 18.8. The van der Waals surface area contributed by atoms with E-state index in [0.717, 1.165) is 23.6 Å². The van der Waals surface area contributed by atoms with E-state index in [1.807, 2.05) is 12.1 Å². The summed E-state index contributed by atoms with van der Waals surface area (Å²) in [6, 6.07) is 4.84. The Kier molecular flexibility index (Phi) is 5.52. The molecule has 2 aliphatic heterocycles. The molecule has 0 radical (unpaired) electrons. The third-order valence-corrected chi connectivity index (χ3v) is 8.67. The highest BCUT2D eigenvalue weighted by Gasteiger charge is 2.49. The summed E-state index contributed by atoms with van der Waals surface area (Å²) in [5.74, 6) is 0.143. The SMILES string of the molecule is CC(c1ccc2c(c1)C(=O)N(C1CCC(=O)CCCC1=O)C2=O)C1CCC12CCNCC2. The lowest BCUT2D eigenvalue weighted by atomic mass is 9.51. The first-order valence-corrected chi connectivity index (χ1v) is 12.2. The molecule has 170 valence electrons. The second kappa shape index (κ2) is 8.22. The van der Waals surface area contributed by atoms with Crippen LogP contribution in [0.1, 0.15) is 96.9 Å². The minimum absolute atomic E-state index is 0.0996. The van der Waals surface area contributed by atoms with Crippen molar-refractivity contribution in [1.82, 2.24) is 10.2 Å². The normalized spacial score (nSPS) is 28.8. The van der Waals surface area contributed by atoms with Crippen molar-refractivity contribution in [3.63, 3.8) is 0 Å². The Balaban J connectivity index is 1.39. The molecule has 3 unspecified atom stereocenters. The number of nitrogens with one attached hydrogen (secondary N) is 1. The number of hydrogen-bond donors (Lipinski definition) is 1. The monoisotopic (exact) mass is 436 g/mol. The summed E-state index contributed by atoms with van der Waals surface area (Å²) in [4.78, 5) is 52.2. The Labute approximate surface area is 189 Å². The van der Waals surface area contributed by atoms with Gasteiger partial charge >= 0.3 is 0 Å². The zero-order valence-electron chi connectivity index (χ0n) is 18.8. The molecule has 1 saturated heterocycles. The lowest BCUT2D eigenvalue weighted by Gasteiger charge is -2.55. The number of ketones is 2. The van der Waals surface area contributed by atoms with Crippen LogP contribution >= 0.6 is 0 Å². The number of benzene rings is 1. The summed E-state index contributed by atoms with van der Waals surface area (Å²) in [5, 5.41) is 3.47. The van der Waals surface area contributed by atoms with E-state index < -0.39 is 11.9 Å². The van der Waals surface area contributed by atoms with Crippen LogP contribution in [0.2, 0.25) is 0 Å². The third kappa shape index (κ3) is 3.43. The van der Waals surface area contributed by atoms with E-state index in [2.05, 4.69) is 12.2 Å². The summed E-state index contributed by atoms with van der Waals surface area (Å²) in [5.41, 5.74) is 2.32. The molecule has 32 heavy (non-hydrogen) atoms. The van der Waals surface area contributed by atoms with Crippen LogP contribution in [0.4, 0.5) is 0 Å². The Bertz CT molecular complexity index is 978. The second-order valence-electron chi connectivity index (χ2n) is 10.2. The molecule has 1 spiro atoms. The molecule has 2 saturated carbocycles. The summed E-state index contributed by atoms with van der Waals surface area (Å²) in [6.45, 7) is 4.40. The number of hydrogen-bond acceptors (Lipinski definition) is 5. The number of Topliss-reactive ketones (excluding diaryl/α,β-unsaturated/α-hetero) is 2. The maximum atomic E-state index is 13.3. The Hall–Kier alpha value is -2.34. The summed E-state index contributed by atoms with van der Waals surface area (Å²) in [7, 11) is 0. The van der Waals surface area contributed by atoms with E-state index in [1.165, 1.54) is 25.7 Å². The maximum Gasteiger partial charge on any atom is 0.262 e. The fourth-order valence-electron chi connectivity index (χ4n) is 6.60. The number of carbonyl (C=O) groups excluding carboxylic acids is 4. The van der Waals surface area contributed by atoms with Crippen LogP contribution in [0.25, 0.3) is 0 Å². The largest absolute Gasteiger partial charge is 0.317 e. The van der Waals surface area contributed by atoms with Crippen LogP contribution in [-0.2, 0) is 9.59 Å². The van der Waals surface area contributed by atoms with Crippen molar-refractivity contribution < 1.29 is 19.2 Å². The van der Waals surface area contributed by atoms with Crippen molar-refractivity contribution in [3.8, 4) is 0 Å². The predicted molar refractivity (Wildman–Crippen MR) is 120 cm³/mol. The van der Waals surface area contributed by atoms with Gasteiger partial charge in [0.1, 0.15) is 5.78 Å². The molecular weight excluding hydrogens is 404 g/mol. The number of amides is 2. The van der Waals surface area contributed by atoms with Crippen molar-refractivity contribution in [2.75, 3.05) is 13.1 Å². The molecule has 4 aliphatic rings. The fourth-order valence-corrected chi connectivity index (χ4v) is 6.60. The van der Waals surface area contributed by atoms with Crippen LogP contribution < -0.4 is 5.32 Å². The molecule has 1 N–H and O–H groups in total. The van der Waals surface area contributed by atoms with Gasteiger partial charge in [-0.2, -0.15) is 0 Å². The molecule has 6 heteroatoms. The summed E-state index contributed by atoms with van der Waals surface area (Å²) >= 11 is 0. The quantitative estimate of drug-likeness (QED) is 0.732. The number of carbonyl (C=O) groups is 4. The molecule has 2 amide bonds. The first-order valence-electron chi connectivity index (χ1n) is 12.2. The van der Waals surface area contributed by atoms with Gasteiger partial charge in [0.25, 0.3) is 11.8 Å². The van der Waals surface area contributed by atoms with E-state index in [1.54, 1.807) is 6.07 Å². The van der Waals surface area contributed by atoms with Gasteiger partial charge in [-0.05, 0) is 86.6 Å². The van der Waals surface area contributed by atoms with E-state index >= 15 is 0 Å². The van der Waals surface area contributed by atoms with Gasteiger partial charge in [-0.3, -0.25) is 24.1 Å². The van der Waals surface area contributed by atoms with Gasteiger partial charge in [0.05, 0.1) is 17.2 Å². The minimum atomic E-state index is -0.822. The molecule has 1 aromatic rings. The van der Waals surface area contributed by atoms with E-state index in [-0.39, 0.29) is 36.7 Å². The molecule has 5 rings (SSSR count). The topological polar surface area (TPSA) is 83.6 Å². The number of imide groups is 1. The van der Waals surface area contributed by atoms with Crippen LogP contribution in [-0.4, -0.2) is 47.4 Å². The Morgan fingerprint density at radius 3 is 2.41 bits per heavy atom. The smallest absolute Gasteiger partial charge is 0.262 e. The van der Waals surface area contributed by atoms with Crippen LogP contribution in [0.3, 0.4) is 0 Å². The van der Waals surface area contributed by atoms with Crippen molar-refractivity contribution >= 4 is 23.4 Å². The van der Waals surface area contributed by atoms with Crippen LogP contribution in [0.5, 0.6) is 0 Å². The fraction of sp³-hybridized carbons (Fsp3) is 0.615. The van der Waals surface area contributed by atoms with Crippen molar-refractivity contribution in [3.05, 3.63) is 34.9 Å². The van der Waals surface area contributed by atoms with Crippen LogP contribution in [0.15, 0.2) is 18.2 Å². The molecule has 0 aromatic heterocycles. The highest BCUT2D eigenvalue weighted by atomic mass is 16.2. The van der Waals surface area contributed by atoms with Crippen molar-refractivity contribution in [1.29, 1.82) is 0 Å². The van der Waals surface area contributed by atoms with Crippen LogP contribution in [0, 0.1) is 11.3 Å². The molecule has 3 fully saturated rings. The molecule has 1 aromatic carbocycles. The van der Waals surface area contributed by atoms with Gasteiger partial charge in [-0.1, -0.05) is 13.0 Å². The van der Waals surface area contributed by atoms with Gasteiger partial charge in [-0.25, -0.2) is 0 Å². The van der Waals surface area contributed by atoms with Gasteiger partial charge in [0.2, 0.25) is 0 Å². The Morgan fingerprint density at radius 1 is 0.938 bits per heavy atom. The lowest BCUT2D eigenvalue weighted by Crippen LogP contribution is -2.49. The standard InChI is InChI=1S/C26H32N2O4/c1-16(21-9-10-26(21)11-13-27-14-12-26)17-5-7-19-20(15-17)25(32)28(24(19)31)22-8-6-18(29)3-2-4-23(22)30/h5,7,15-16,21-22,27H,2-4,6,8-14H2,1H3. The zero-order chi connectivity index (χ0) is 22.5. The highest BCUT2D eigenvalue weighted by molar-refractivity contribution is 6.23. The molecule has 0 bridgehead atoms. The number of nitrogens with zero attached hydrogens (tertiary/aromatic N) is 1. The predicted octanol–water partition coefficient (Wildman–Crippen LogP) is 3.64. The summed E-state index contributed by atoms with van der Waals surface area (Å²) < 4.78 is 0. The summed E-state index contributed by atoms with van der Waals surface area (Å²) in [6.07, 6.45) is 6.53. The maximum absolute atomic E-state index is 13.3. The first-order chi connectivity index (χ1) is 15.4.